The van der Waals surface area contributed by atoms with E-state index in [-0.39, 0.29) is 19.1 Å². The molecule has 1 unspecified atom stereocenters. The highest BCUT2D eigenvalue weighted by Gasteiger charge is 2.22. The van der Waals surface area contributed by atoms with Gasteiger partial charge >= 0.3 is 11.9 Å². The fourth-order valence-electron chi connectivity index (χ4n) is 1.41. The summed E-state index contributed by atoms with van der Waals surface area (Å²) < 4.78 is 0.935. The Morgan fingerprint density at radius 2 is 1.88 bits per heavy atom. The maximum Gasteiger partial charge on any atom is 0.317 e. The Kier molecular flexibility index (Phi) is 5.10. The summed E-state index contributed by atoms with van der Waals surface area (Å²) in [5.74, 6) is -2.07. The Hall–Kier alpha value is -0.920. The third kappa shape index (κ3) is 4.45. The predicted molar refractivity (Wildman–Crippen MR) is 67.3 cm³/mol. The van der Waals surface area contributed by atoms with Gasteiger partial charge in [0.1, 0.15) is 0 Å². The van der Waals surface area contributed by atoms with Crippen molar-refractivity contribution in [1.82, 2.24) is 4.90 Å². The summed E-state index contributed by atoms with van der Waals surface area (Å²) in [6, 6.07) is 3.48. The molecule has 1 heterocycles. The predicted octanol–water partition coefficient (Wildman–Crippen LogP) is 2.04. The van der Waals surface area contributed by atoms with E-state index in [4.69, 9.17) is 10.2 Å². The average molecular weight is 322 g/mol. The molecule has 0 fully saturated rings. The number of hydrogen-bond acceptors (Lipinski definition) is 4. The van der Waals surface area contributed by atoms with E-state index in [1.807, 2.05) is 12.1 Å². The molecule has 0 saturated heterocycles. The first-order valence-corrected chi connectivity index (χ1v) is 6.44. The third-order valence-electron chi connectivity index (χ3n) is 2.23. The van der Waals surface area contributed by atoms with Gasteiger partial charge in [0.05, 0.1) is 16.9 Å². The lowest BCUT2D eigenvalue weighted by Crippen LogP contribution is -2.36. The maximum absolute atomic E-state index is 10.7. The molecule has 94 valence electrons. The van der Waals surface area contributed by atoms with E-state index in [1.165, 1.54) is 16.2 Å². The van der Waals surface area contributed by atoms with Crippen LogP contribution in [0.2, 0.25) is 0 Å². The molecule has 5 nitrogen and oxygen atoms in total. The minimum atomic E-state index is -1.03. The summed E-state index contributed by atoms with van der Waals surface area (Å²) in [5.41, 5.74) is 0. The van der Waals surface area contributed by atoms with Crippen molar-refractivity contribution >= 4 is 39.2 Å². The van der Waals surface area contributed by atoms with Gasteiger partial charge < -0.3 is 10.2 Å². The molecular weight excluding hydrogens is 310 g/mol. The smallest absolute Gasteiger partial charge is 0.317 e. The van der Waals surface area contributed by atoms with Gasteiger partial charge in [-0.05, 0) is 35.0 Å². The summed E-state index contributed by atoms with van der Waals surface area (Å²) in [7, 11) is 0. The number of carbonyl (C=O) groups is 2. The third-order valence-corrected chi connectivity index (χ3v) is 4.02. The standard InChI is InChI=1S/C10H12BrNO4S/c1-6(7-2-3-8(11)17-7)12(4-9(13)14)5-10(15)16/h2-3,6H,4-5H2,1H3,(H,13,14)(H,15,16). The second-order valence-electron chi connectivity index (χ2n) is 3.51. The van der Waals surface area contributed by atoms with Gasteiger partial charge in [-0.1, -0.05) is 0 Å². The molecule has 7 heteroatoms. The lowest BCUT2D eigenvalue weighted by Gasteiger charge is -2.24. The summed E-state index contributed by atoms with van der Waals surface area (Å²) in [6.07, 6.45) is 0. The first kappa shape index (κ1) is 14.1. The van der Waals surface area contributed by atoms with Gasteiger partial charge in [0, 0.05) is 10.9 Å². The monoisotopic (exact) mass is 321 g/mol. The Bertz CT molecular complexity index is 404. The molecule has 0 amide bonds. The van der Waals surface area contributed by atoms with E-state index in [1.54, 1.807) is 6.92 Å². The van der Waals surface area contributed by atoms with Crippen LogP contribution in [0.1, 0.15) is 17.8 Å². The van der Waals surface area contributed by atoms with Gasteiger partial charge in [-0.25, -0.2) is 0 Å². The van der Waals surface area contributed by atoms with Crippen LogP contribution in [0.4, 0.5) is 0 Å². The first-order chi connectivity index (χ1) is 7.90. The molecule has 0 bridgehead atoms. The minimum Gasteiger partial charge on any atom is -0.480 e. The molecule has 0 spiro atoms. The van der Waals surface area contributed by atoms with Crippen LogP contribution in [0, 0.1) is 0 Å². The number of aliphatic carboxylic acids is 2. The van der Waals surface area contributed by atoms with E-state index in [0.717, 1.165) is 8.66 Å². The molecule has 0 aliphatic rings. The number of carboxylic acid groups (broad SMARTS) is 2. The van der Waals surface area contributed by atoms with Crippen molar-refractivity contribution in [3.8, 4) is 0 Å². The van der Waals surface area contributed by atoms with Crippen molar-refractivity contribution < 1.29 is 19.8 Å². The number of rotatable bonds is 6. The Morgan fingerprint density at radius 1 is 1.35 bits per heavy atom. The molecule has 0 aliphatic heterocycles. The lowest BCUT2D eigenvalue weighted by atomic mass is 10.2. The van der Waals surface area contributed by atoms with Gasteiger partial charge in [0.25, 0.3) is 0 Å². The molecule has 0 radical (unpaired) electrons. The summed E-state index contributed by atoms with van der Waals surface area (Å²) in [4.78, 5) is 23.7. The highest BCUT2D eigenvalue weighted by Crippen LogP contribution is 2.30. The number of hydrogen-bond donors (Lipinski definition) is 2. The van der Waals surface area contributed by atoms with Gasteiger partial charge in [0.2, 0.25) is 0 Å². The molecule has 1 atom stereocenters. The average Bonchev–Trinajstić information content (AvgIpc) is 2.61. The second kappa shape index (κ2) is 6.13. The minimum absolute atomic E-state index is 0.238. The van der Waals surface area contributed by atoms with Crippen LogP contribution in [0.25, 0.3) is 0 Å². The number of carboxylic acids is 2. The van der Waals surface area contributed by atoms with E-state index >= 15 is 0 Å². The van der Waals surface area contributed by atoms with Crippen LogP contribution in [0.15, 0.2) is 15.9 Å². The van der Waals surface area contributed by atoms with Crippen molar-refractivity contribution in [3.63, 3.8) is 0 Å². The van der Waals surface area contributed by atoms with E-state index in [0.29, 0.717) is 0 Å². The quantitative estimate of drug-likeness (QED) is 0.838. The number of nitrogens with zero attached hydrogens (tertiary/aromatic N) is 1. The topological polar surface area (TPSA) is 77.8 Å². The van der Waals surface area contributed by atoms with Crippen molar-refractivity contribution in [2.45, 2.75) is 13.0 Å². The molecule has 1 rings (SSSR count). The summed E-state index contributed by atoms with van der Waals surface area (Å²) >= 11 is 4.79. The molecule has 2 N–H and O–H groups in total. The Labute approximate surface area is 111 Å². The zero-order valence-electron chi connectivity index (χ0n) is 9.09. The highest BCUT2D eigenvalue weighted by atomic mass is 79.9. The number of halogens is 1. The fourth-order valence-corrected chi connectivity index (χ4v) is 2.92. The van der Waals surface area contributed by atoms with Gasteiger partial charge in [0.15, 0.2) is 0 Å². The summed E-state index contributed by atoms with van der Waals surface area (Å²) in [5, 5.41) is 17.5. The van der Waals surface area contributed by atoms with E-state index in [9.17, 15) is 9.59 Å². The molecule has 1 aromatic heterocycles. The zero-order chi connectivity index (χ0) is 13.0. The Balaban J connectivity index is 2.81. The normalized spacial score (nSPS) is 12.6. The van der Waals surface area contributed by atoms with Crippen LogP contribution in [0.3, 0.4) is 0 Å². The SMILES string of the molecule is CC(c1ccc(Br)s1)N(CC(=O)O)CC(=O)O. The second-order valence-corrected chi connectivity index (χ2v) is 6.00. The fraction of sp³-hybridized carbons (Fsp3) is 0.400. The van der Waals surface area contributed by atoms with Crippen LogP contribution in [-0.4, -0.2) is 40.1 Å². The zero-order valence-corrected chi connectivity index (χ0v) is 11.5. The van der Waals surface area contributed by atoms with Crippen molar-refractivity contribution in [3.05, 3.63) is 20.8 Å². The largest absolute Gasteiger partial charge is 0.480 e. The van der Waals surface area contributed by atoms with Crippen molar-refractivity contribution in [1.29, 1.82) is 0 Å². The van der Waals surface area contributed by atoms with Crippen LogP contribution in [-0.2, 0) is 9.59 Å². The first-order valence-electron chi connectivity index (χ1n) is 4.83. The highest BCUT2D eigenvalue weighted by molar-refractivity contribution is 9.11. The molecule has 0 aliphatic carbocycles. The van der Waals surface area contributed by atoms with Gasteiger partial charge in [-0.2, -0.15) is 0 Å². The maximum atomic E-state index is 10.7. The van der Waals surface area contributed by atoms with Gasteiger partial charge in [-0.3, -0.25) is 14.5 Å². The van der Waals surface area contributed by atoms with Gasteiger partial charge in [-0.15, -0.1) is 11.3 Å². The molecule has 0 saturated carbocycles. The molecule has 17 heavy (non-hydrogen) atoms. The van der Waals surface area contributed by atoms with Crippen molar-refractivity contribution in [2.24, 2.45) is 0 Å². The molecule has 0 aromatic carbocycles. The number of thiophene rings is 1. The summed E-state index contributed by atoms with van der Waals surface area (Å²) in [6.45, 7) is 1.22. The van der Waals surface area contributed by atoms with Crippen molar-refractivity contribution in [2.75, 3.05) is 13.1 Å². The van der Waals surface area contributed by atoms with Crippen LogP contribution >= 0.6 is 27.3 Å². The molecule has 1 aromatic rings. The van der Waals surface area contributed by atoms with Crippen LogP contribution < -0.4 is 0 Å². The van der Waals surface area contributed by atoms with E-state index < -0.39 is 11.9 Å². The van der Waals surface area contributed by atoms with Crippen LogP contribution in [0.5, 0.6) is 0 Å². The lowest BCUT2D eigenvalue weighted by molar-refractivity contribution is -0.142. The van der Waals surface area contributed by atoms with E-state index in [2.05, 4.69) is 15.9 Å². The Morgan fingerprint density at radius 3 is 2.24 bits per heavy atom. The molecular formula is C10H12BrNO4S.